The maximum absolute atomic E-state index is 13.9. The van der Waals surface area contributed by atoms with E-state index >= 15 is 0 Å². The highest BCUT2D eigenvalue weighted by atomic mass is 35.5. The highest BCUT2D eigenvalue weighted by Gasteiger charge is 2.18. The van der Waals surface area contributed by atoms with Gasteiger partial charge < -0.3 is 5.32 Å². The van der Waals surface area contributed by atoms with Crippen molar-refractivity contribution in [3.8, 4) is 0 Å². The van der Waals surface area contributed by atoms with Crippen molar-refractivity contribution in [1.82, 2.24) is 15.0 Å². The van der Waals surface area contributed by atoms with Gasteiger partial charge in [0.05, 0.1) is 11.1 Å². The standard InChI is InChI=1S/C20H22FN3O2S.ClH/c1-15(12-22-10-9-16-5-3-2-4-6-16)24-27(25,26)18-8-7-17-13-23-14-20(21)19(17)11-18;/h2-8,11,13-15,22,24H,9-10,12H2,1H3;1H. The normalized spacial score (nSPS) is 12.5. The van der Waals surface area contributed by atoms with E-state index in [1.807, 2.05) is 18.2 Å². The summed E-state index contributed by atoms with van der Waals surface area (Å²) in [6.07, 6.45) is 3.45. The third-order valence-corrected chi connectivity index (χ3v) is 5.82. The highest BCUT2D eigenvalue weighted by Crippen LogP contribution is 2.20. The van der Waals surface area contributed by atoms with Gasteiger partial charge in [0.25, 0.3) is 0 Å². The van der Waals surface area contributed by atoms with E-state index in [0.29, 0.717) is 11.9 Å². The molecular weight excluding hydrogens is 401 g/mol. The van der Waals surface area contributed by atoms with E-state index in [9.17, 15) is 12.8 Å². The van der Waals surface area contributed by atoms with Gasteiger partial charge in [-0.3, -0.25) is 4.98 Å². The molecule has 28 heavy (non-hydrogen) atoms. The second kappa shape index (κ2) is 9.93. The summed E-state index contributed by atoms with van der Waals surface area (Å²) in [5, 5.41) is 4.05. The first-order valence-corrected chi connectivity index (χ1v) is 10.2. The van der Waals surface area contributed by atoms with E-state index < -0.39 is 15.8 Å². The average molecular weight is 424 g/mol. The minimum Gasteiger partial charge on any atom is -0.315 e. The van der Waals surface area contributed by atoms with Gasteiger partial charge in [-0.15, -0.1) is 12.4 Å². The molecule has 1 aromatic heterocycles. The Balaban J connectivity index is 0.00000280. The fraction of sp³-hybridized carbons (Fsp3) is 0.250. The van der Waals surface area contributed by atoms with Gasteiger partial charge in [-0.25, -0.2) is 17.5 Å². The number of aromatic nitrogens is 1. The molecule has 1 atom stereocenters. The molecule has 2 N–H and O–H groups in total. The van der Waals surface area contributed by atoms with Gasteiger partial charge in [0.15, 0.2) is 0 Å². The van der Waals surface area contributed by atoms with Crippen LogP contribution >= 0.6 is 12.4 Å². The van der Waals surface area contributed by atoms with Gasteiger partial charge in [-0.1, -0.05) is 36.4 Å². The molecule has 0 saturated heterocycles. The zero-order valence-electron chi connectivity index (χ0n) is 15.4. The van der Waals surface area contributed by atoms with Gasteiger partial charge in [-0.05, 0) is 37.6 Å². The summed E-state index contributed by atoms with van der Waals surface area (Å²) in [5.74, 6) is -0.542. The van der Waals surface area contributed by atoms with Crippen LogP contribution in [0.4, 0.5) is 4.39 Å². The van der Waals surface area contributed by atoms with Crippen LogP contribution in [-0.4, -0.2) is 32.5 Å². The molecule has 1 heterocycles. The number of pyridine rings is 1. The summed E-state index contributed by atoms with van der Waals surface area (Å²) in [6, 6.07) is 14.1. The van der Waals surface area contributed by atoms with Crippen molar-refractivity contribution in [3.05, 3.63) is 72.3 Å². The lowest BCUT2D eigenvalue weighted by Gasteiger charge is -2.15. The summed E-state index contributed by atoms with van der Waals surface area (Å²) < 4.78 is 41.7. The van der Waals surface area contributed by atoms with E-state index in [4.69, 9.17) is 0 Å². The summed E-state index contributed by atoms with van der Waals surface area (Å²) in [6.45, 7) is 3.04. The molecule has 150 valence electrons. The van der Waals surface area contributed by atoms with Crippen molar-refractivity contribution in [2.24, 2.45) is 0 Å². The SMILES string of the molecule is CC(CNCCc1ccccc1)NS(=O)(=O)c1ccc2cncc(F)c2c1.Cl. The minimum atomic E-state index is -3.73. The highest BCUT2D eigenvalue weighted by molar-refractivity contribution is 7.89. The van der Waals surface area contributed by atoms with Gasteiger partial charge >= 0.3 is 0 Å². The van der Waals surface area contributed by atoms with E-state index in [-0.39, 0.29) is 28.7 Å². The smallest absolute Gasteiger partial charge is 0.240 e. The van der Waals surface area contributed by atoms with Gasteiger partial charge in [-0.2, -0.15) is 0 Å². The second-order valence-corrected chi connectivity index (χ2v) is 8.18. The summed E-state index contributed by atoms with van der Waals surface area (Å²) >= 11 is 0. The van der Waals surface area contributed by atoms with Crippen LogP contribution in [0.3, 0.4) is 0 Å². The molecule has 0 aliphatic rings. The van der Waals surface area contributed by atoms with Crippen LogP contribution < -0.4 is 10.0 Å². The van der Waals surface area contributed by atoms with Crippen LogP contribution in [0.25, 0.3) is 10.8 Å². The van der Waals surface area contributed by atoms with Crippen LogP contribution in [0.5, 0.6) is 0 Å². The molecule has 1 unspecified atom stereocenters. The van der Waals surface area contributed by atoms with E-state index in [0.717, 1.165) is 19.2 Å². The lowest BCUT2D eigenvalue weighted by Crippen LogP contribution is -2.40. The van der Waals surface area contributed by atoms with Crippen LogP contribution in [0, 0.1) is 5.82 Å². The Morgan fingerprint density at radius 3 is 2.61 bits per heavy atom. The van der Waals surface area contributed by atoms with Crippen molar-refractivity contribution in [3.63, 3.8) is 0 Å². The monoisotopic (exact) mass is 423 g/mol. The molecule has 0 saturated carbocycles. The molecule has 3 rings (SSSR count). The molecule has 2 aromatic carbocycles. The number of benzene rings is 2. The number of hydrogen-bond donors (Lipinski definition) is 2. The van der Waals surface area contributed by atoms with Crippen LogP contribution in [-0.2, 0) is 16.4 Å². The Kier molecular flexibility index (Phi) is 7.88. The van der Waals surface area contributed by atoms with E-state index in [1.165, 1.54) is 23.9 Å². The Morgan fingerprint density at radius 2 is 1.86 bits per heavy atom. The average Bonchev–Trinajstić information content (AvgIpc) is 2.66. The summed E-state index contributed by atoms with van der Waals surface area (Å²) in [4.78, 5) is 3.81. The number of fused-ring (bicyclic) bond motifs is 1. The van der Waals surface area contributed by atoms with Crippen molar-refractivity contribution in [2.45, 2.75) is 24.3 Å². The zero-order chi connectivity index (χ0) is 19.3. The summed E-state index contributed by atoms with van der Waals surface area (Å²) in [7, 11) is -3.73. The maximum Gasteiger partial charge on any atom is 0.240 e. The van der Waals surface area contributed by atoms with Crippen molar-refractivity contribution in [2.75, 3.05) is 13.1 Å². The van der Waals surface area contributed by atoms with Crippen LogP contribution in [0.2, 0.25) is 0 Å². The fourth-order valence-corrected chi connectivity index (χ4v) is 4.11. The molecule has 0 radical (unpaired) electrons. The van der Waals surface area contributed by atoms with Crippen molar-refractivity contribution >= 4 is 33.2 Å². The third-order valence-electron chi connectivity index (χ3n) is 4.23. The molecule has 8 heteroatoms. The number of rotatable bonds is 8. The predicted molar refractivity (Wildman–Crippen MR) is 112 cm³/mol. The van der Waals surface area contributed by atoms with Crippen LogP contribution in [0.1, 0.15) is 12.5 Å². The van der Waals surface area contributed by atoms with Crippen molar-refractivity contribution in [1.29, 1.82) is 0 Å². The Morgan fingerprint density at radius 1 is 1.11 bits per heavy atom. The number of nitrogens with one attached hydrogen (secondary N) is 2. The van der Waals surface area contributed by atoms with Crippen molar-refractivity contribution < 1.29 is 12.8 Å². The third kappa shape index (κ3) is 5.72. The minimum absolute atomic E-state index is 0. The topological polar surface area (TPSA) is 71.1 Å². The zero-order valence-corrected chi connectivity index (χ0v) is 17.1. The number of hydrogen-bond acceptors (Lipinski definition) is 4. The Labute approximate surface area is 170 Å². The molecule has 0 fully saturated rings. The molecule has 0 amide bonds. The molecule has 0 bridgehead atoms. The molecule has 5 nitrogen and oxygen atoms in total. The second-order valence-electron chi connectivity index (χ2n) is 6.47. The number of sulfonamides is 1. The number of halogens is 2. The van der Waals surface area contributed by atoms with Gasteiger partial charge in [0, 0.05) is 29.6 Å². The Hall–Kier alpha value is -2.06. The quantitative estimate of drug-likeness (QED) is 0.545. The number of nitrogens with zero attached hydrogens (tertiary/aromatic N) is 1. The molecular formula is C20H23ClFN3O2S. The lowest BCUT2D eigenvalue weighted by molar-refractivity contribution is 0.537. The summed E-state index contributed by atoms with van der Waals surface area (Å²) in [5.41, 5.74) is 1.23. The Bertz CT molecular complexity index is 1020. The molecule has 0 spiro atoms. The van der Waals surface area contributed by atoms with E-state index in [1.54, 1.807) is 13.0 Å². The fourth-order valence-electron chi connectivity index (χ4n) is 2.85. The van der Waals surface area contributed by atoms with Gasteiger partial charge in [0.1, 0.15) is 5.82 Å². The van der Waals surface area contributed by atoms with Gasteiger partial charge in [0.2, 0.25) is 10.0 Å². The first-order chi connectivity index (χ1) is 13.0. The molecule has 0 aliphatic carbocycles. The molecule has 0 aliphatic heterocycles. The van der Waals surface area contributed by atoms with E-state index in [2.05, 4.69) is 27.2 Å². The first kappa shape index (κ1) is 22.2. The maximum atomic E-state index is 13.9. The van der Waals surface area contributed by atoms with Crippen LogP contribution in [0.15, 0.2) is 65.8 Å². The molecule has 3 aromatic rings. The first-order valence-electron chi connectivity index (χ1n) is 8.76. The predicted octanol–water partition coefficient (Wildman–Crippen LogP) is 3.29. The lowest BCUT2D eigenvalue weighted by atomic mass is 10.1. The largest absolute Gasteiger partial charge is 0.315 e.